The first-order chi connectivity index (χ1) is 9.77. The summed E-state index contributed by atoms with van der Waals surface area (Å²) < 4.78 is 32.4. The van der Waals surface area contributed by atoms with Gasteiger partial charge in [0.1, 0.15) is 4.90 Å². The minimum absolute atomic E-state index is 0.121. The summed E-state index contributed by atoms with van der Waals surface area (Å²) in [6, 6.07) is 2.99. The van der Waals surface area contributed by atoms with Crippen LogP contribution in [0, 0.1) is 13.8 Å². The molecule has 118 valence electrons. The lowest BCUT2D eigenvalue weighted by Crippen LogP contribution is -2.51. The third-order valence-corrected chi connectivity index (χ3v) is 5.90. The zero-order valence-electron chi connectivity index (χ0n) is 12.5. The average Bonchev–Trinajstić information content (AvgIpc) is 2.43. The van der Waals surface area contributed by atoms with Crippen molar-refractivity contribution in [2.24, 2.45) is 0 Å². The molecule has 1 aromatic carbocycles. The Bertz CT molecular complexity index is 630. The smallest absolute Gasteiger partial charge is 0.245 e. The standard InChI is InChI=1S/C14H22N2O4S/c1-9-4-13(15)14(5-10(9)2)21(18,19)16-6-12(7-17)20-8-11(16)3/h4-5,11-12,17H,6-8,15H2,1-3H3. The fraction of sp³-hybridized carbons (Fsp3) is 0.571. The predicted octanol–water partition coefficient (Wildman–Crippen LogP) is 0.656. The highest BCUT2D eigenvalue weighted by atomic mass is 32.2. The second-order valence-corrected chi connectivity index (χ2v) is 7.39. The van der Waals surface area contributed by atoms with Crippen molar-refractivity contribution < 1.29 is 18.3 Å². The van der Waals surface area contributed by atoms with Gasteiger partial charge in [0.25, 0.3) is 0 Å². The van der Waals surface area contributed by atoms with E-state index >= 15 is 0 Å². The molecular formula is C14H22N2O4S. The quantitative estimate of drug-likeness (QED) is 0.799. The largest absolute Gasteiger partial charge is 0.398 e. The van der Waals surface area contributed by atoms with Gasteiger partial charge in [-0.15, -0.1) is 0 Å². The van der Waals surface area contributed by atoms with Crippen LogP contribution in [0.5, 0.6) is 0 Å². The summed E-state index contributed by atoms with van der Waals surface area (Å²) in [6.45, 7) is 5.71. The average molecular weight is 314 g/mol. The number of nitrogen functional groups attached to an aromatic ring is 1. The van der Waals surface area contributed by atoms with Crippen molar-refractivity contribution in [2.45, 2.75) is 37.8 Å². The fourth-order valence-electron chi connectivity index (χ4n) is 2.40. The molecule has 1 fully saturated rings. The maximum atomic E-state index is 12.9. The fourth-order valence-corrected chi connectivity index (χ4v) is 4.23. The molecule has 1 saturated heterocycles. The summed E-state index contributed by atoms with van der Waals surface area (Å²) >= 11 is 0. The molecule has 0 radical (unpaired) electrons. The van der Waals surface area contributed by atoms with E-state index in [0.717, 1.165) is 11.1 Å². The van der Waals surface area contributed by atoms with E-state index in [1.807, 2.05) is 13.8 Å². The number of nitrogens with two attached hydrogens (primary N) is 1. The SMILES string of the molecule is Cc1cc(N)c(S(=O)(=O)N2CC(CO)OCC2C)cc1C. The van der Waals surface area contributed by atoms with Gasteiger partial charge in [0.05, 0.1) is 25.0 Å². The van der Waals surface area contributed by atoms with E-state index in [1.54, 1.807) is 19.1 Å². The minimum Gasteiger partial charge on any atom is -0.398 e. The number of hydrogen-bond donors (Lipinski definition) is 2. The molecule has 0 spiro atoms. The van der Waals surface area contributed by atoms with Crippen LogP contribution in [0.3, 0.4) is 0 Å². The molecule has 7 heteroatoms. The van der Waals surface area contributed by atoms with E-state index < -0.39 is 16.1 Å². The normalized spacial score (nSPS) is 24.2. The Labute approximate surface area is 125 Å². The highest BCUT2D eigenvalue weighted by molar-refractivity contribution is 7.89. The monoisotopic (exact) mass is 314 g/mol. The van der Waals surface area contributed by atoms with Crippen LogP contribution in [0.2, 0.25) is 0 Å². The summed E-state index contributed by atoms with van der Waals surface area (Å²) in [6.07, 6.45) is -0.497. The maximum absolute atomic E-state index is 12.9. The molecule has 0 bridgehead atoms. The van der Waals surface area contributed by atoms with E-state index in [2.05, 4.69) is 0 Å². The number of aliphatic hydroxyl groups excluding tert-OH is 1. The van der Waals surface area contributed by atoms with E-state index in [0.29, 0.717) is 0 Å². The van der Waals surface area contributed by atoms with Crippen molar-refractivity contribution in [3.8, 4) is 0 Å². The van der Waals surface area contributed by atoms with E-state index in [9.17, 15) is 13.5 Å². The Morgan fingerprint density at radius 2 is 2.00 bits per heavy atom. The number of aliphatic hydroxyl groups is 1. The van der Waals surface area contributed by atoms with Gasteiger partial charge in [-0.05, 0) is 44.0 Å². The molecule has 1 aromatic rings. The van der Waals surface area contributed by atoms with Crippen molar-refractivity contribution in [1.29, 1.82) is 0 Å². The minimum atomic E-state index is -3.71. The van der Waals surface area contributed by atoms with E-state index in [-0.39, 0.29) is 36.4 Å². The van der Waals surface area contributed by atoms with Crippen LogP contribution >= 0.6 is 0 Å². The third-order valence-electron chi connectivity index (χ3n) is 3.86. The van der Waals surface area contributed by atoms with Gasteiger partial charge >= 0.3 is 0 Å². The van der Waals surface area contributed by atoms with Crippen molar-refractivity contribution in [2.75, 3.05) is 25.5 Å². The summed E-state index contributed by atoms with van der Waals surface area (Å²) in [5.41, 5.74) is 7.99. The molecule has 2 atom stereocenters. The second kappa shape index (κ2) is 5.92. The van der Waals surface area contributed by atoms with Crippen molar-refractivity contribution in [3.63, 3.8) is 0 Å². The zero-order chi connectivity index (χ0) is 15.8. The molecule has 2 unspecified atom stereocenters. The summed E-state index contributed by atoms with van der Waals surface area (Å²) in [7, 11) is -3.71. The van der Waals surface area contributed by atoms with Crippen molar-refractivity contribution in [1.82, 2.24) is 4.31 Å². The maximum Gasteiger partial charge on any atom is 0.245 e. The first-order valence-corrected chi connectivity index (χ1v) is 8.32. The highest BCUT2D eigenvalue weighted by Crippen LogP contribution is 2.28. The summed E-state index contributed by atoms with van der Waals surface area (Å²) in [5.74, 6) is 0. The number of anilines is 1. The molecule has 1 aliphatic rings. The Morgan fingerprint density at radius 1 is 1.38 bits per heavy atom. The van der Waals surface area contributed by atoms with Crippen LogP contribution in [0.15, 0.2) is 17.0 Å². The highest BCUT2D eigenvalue weighted by Gasteiger charge is 2.36. The molecule has 0 aliphatic carbocycles. The summed E-state index contributed by atoms with van der Waals surface area (Å²) in [5, 5.41) is 9.20. The summed E-state index contributed by atoms with van der Waals surface area (Å²) in [4.78, 5) is 0.121. The lowest BCUT2D eigenvalue weighted by Gasteiger charge is -2.36. The number of sulfonamides is 1. The van der Waals surface area contributed by atoms with Crippen LogP contribution < -0.4 is 5.73 Å². The van der Waals surface area contributed by atoms with Gasteiger partial charge in [-0.25, -0.2) is 8.42 Å². The molecule has 0 aromatic heterocycles. The molecule has 2 rings (SSSR count). The lowest BCUT2D eigenvalue weighted by molar-refractivity contribution is -0.0516. The molecule has 0 saturated carbocycles. The van der Waals surface area contributed by atoms with Crippen molar-refractivity contribution >= 4 is 15.7 Å². The van der Waals surface area contributed by atoms with Gasteiger partial charge in [-0.1, -0.05) is 0 Å². The van der Waals surface area contributed by atoms with E-state index in [4.69, 9.17) is 10.5 Å². The molecule has 21 heavy (non-hydrogen) atoms. The van der Waals surface area contributed by atoms with Gasteiger partial charge in [0.15, 0.2) is 0 Å². The first-order valence-electron chi connectivity index (χ1n) is 6.88. The van der Waals surface area contributed by atoms with Crippen LogP contribution in [-0.2, 0) is 14.8 Å². The number of rotatable bonds is 3. The van der Waals surface area contributed by atoms with Gasteiger partial charge in [0, 0.05) is 12.6 Å². The van der Waals surface area contributed by atoms with Gasteiger partial charge in [-0.2, -0.15) is 4.31 Å². The number of aryl methyl sites for hydroxylation is 2. The number of hydrogen-bond acceptors (Lipinski definition) is 5. The Balaban J connectivity index is 2.43. The second-order valence-electron chi connectivity index (χ2n) is 5.54. The number of ether oxygens (including phenoxy) is 1. The molecular weight excluding hydrogens is 292 g/mol. The van der Waals surface area contributed by atoms with Crippen LogP contribution in [-0.4, -0.2) is 49.7 Å². The molecule has 6 nitrogen and oxygen atoms in total. The molecule has 1 aliphatic heterocycles. The van der Waals surface area contributed by atoms with E-state index in [1.165, 1.54) is 4.31 Å². The molecule has 1 heterocycles. The Hall–Kier alpha value is -1.15. The predicted molar refractivity (Wildman–Crippen MR) is 80.5 cm³/mol. The number of morpholine rings is 1. The Morgan fingerprint density at radius 3 is 2.62 bits per heavy atom. The topological polar surface area (TPSA) is 92.9 Å². The van der Waals surface area contributed by atoms with Crippen LogP contribution in [0.4, 0.5) is 5.69 Å². The zero-order valence-corrected chi connectivity index (χ0v) is 13.4. The van der Waals surface area contributed by atoms with Crippen LogP contribution in [0.25, 0.3) is 0 Å². The number of nitrogens with zero attached hydrogens (tertiary/aromatic N) is 1. The van der Waals surface area contributed by atoms with Gasteiger partial charge in [0.2, 0.25) is 10.0 Å². The van der Waals surface area contributed by atoms with Crippen molar-refractivity contribution in [3.05, 3.63) is 23.3 Å². The van der Waals surface area contributed by atoms with Gasteiger partial charge in [-0.3, -0.25) is 0 Å². The van der Waals surface area contributed by atoms with Crippen LogP contribution in [0.1, 0.15) is 18.1 Å². The molecule has 0 amide bonds. The van der Waals surface area contributed by atoms with Gasteiger partial charge < -0.3 is 15.6 Å². The number of benzene rings is 1. The first kappa shape index (κ1) is 16.2. The lowest BCUT2D eigenvalue weighted by atomic mass is 10.1. The Kier molecular flexibility index (Phi) is 4.57. The molecule has 3 N–H and O–H groups in total. The third kappa shape index (κ3) is 3.06.